The molecule has 0 unspecified atom stereocenters. The molecule has 0 heterocycles. The van der Waals surface area contributed by atoms with Crippen LogP contribution in [0.15, 0.2) is 18.2 Å². The summed E-state index contributed by atoms with van der Waals surface area (Å²) in [6.45, 7) is 7.03. The van der Waals surface area contributed by atoms with Crippen molar-refractivity contribution in [2.75, 3.05) is 19.4 Å². The number of hydrogen-bond donors (Lipinski definition) is 2. The van der Waals surface area contributed by atoms with Crippen LogP contribution in [0.1, 0.15) is 37.6 Å². The highest BCUT2D eigenvalue weighted by atomic mass is 16.5. The van der Waals surface area contributed by atoms with Crippen LogP contribution in [0.2, 0.25) is 0 Å². The van der Waals surface area contributed by atoms with Gasteiger partial charge in [-0.05, 0) is 24.0 Å². The van der Waals surface area contributed by atoms with Gasteiger partial charge in [-0.2, -0.15) is 0 Å². The molecule has 0 bridgehead atoms. The van der Waals surface area contributed by atoms with Gasteiger partial charge in [-0.1, -0.05) is 26.8 Å². The maximum atomic E-state index is 12.1. The SMILES string of the molecule is COc1cccc(N)c1C(=O)NCCC(C)(C)C. The van der Waals surface area contributed by atoms with E-state index in [-0.39, 0.29) is 11.3 Å². The van der Waals surface area contributed by atoms with Crippen molar-refractivity contribution in [3.8, 4) is 5.75 Å². The molecule has 1 aromatic carbocycles. The van der Waals surface area contributed by atoms with E-state index in [2.05, 4.69) is 26.1 Å². The molecular weight excluding hydrogens is 228 g/mol. The summed E-state index contributed by atoms with van der Waals surface area (Å²) < 4.78 is 5.15. The number of methoxy groups -OCH3 is 1. The second-order valence-electron chi connectivity index (χ2n) is 5.49. The molecule has 0 saturated heterocycles. The lowest BCUT2D eigenvalue weighted by Crippen LogP contribution is -2.28. The molecule has 1 aromatic rings. The van der Waals surface area contributed by atoms with Crippen LogP contribution in [0.5, 0.6) is 5.75 Å². The van der Waals surface area contributed by atoms with Crippen molar-refractivity contribution in [2.45, 2.75) is 27.2 Å². The predicted molar refractivity (Wildman–Crippen MR) is 73.8 cm³/mol. The Morgan fingerprint density at radius 1 is 1.39 bits per heavy atom. The Kier molecular flexibility index (Phi) is 4.59. The van der Waals surface area contributed by atoms with Crippen LogP contribution < -0.4 is 15.8 Å². The average Bonchev–Trinajstić information content (AvgIpc) is 2.26. The van der Waals surface area contributed by atoms with Crippen LogP contribution in [-0.2, 0) is 0 Å². The van der Waals surface area contributed by atoms with Gasteiger partial charge in [0.05, 0.1) is 7.11 Å². The molecule has 0 fully saturated rings. The number of carbonyl (C=O) groups excluding carboxylic acids is 1. The first kappa shape index (κ1) is 14.4. The Morgan fingerprint density at radius 2 is 2.06 bits per heavy atom. The molecule has 4 nitrogen and oxygen atoms in total. The summed E-state index contributed by atoms with van der Waals surface area (Å²) in [5.74, 6) is 0.317. The van der Waals surface area contributed by atoms with Crippen molar-refractivity contribution in [1.82, 2.24) is 5.32 Å². The maximum Gasteiger partial charge on any atom is 0.257 e. The first-order chi connectivity index (χ1) is 8.35. The summed E-state index contributed by atoms with van der Waals surface area (Å²) in [6, 6.07) is 5.19. The molecule has 0 aliphatic rings. The molecule has 0 saturated carbocycles. The lowest BCUT2D eigenvalue weighted by Gasteiger charge is -2.18. The number of ether oxygens (including phenoxy) is 1. The number of rotatable bonds is 4. The molecule has 100 valence electrons. The molecular formula is C14H22N2O2. The second-order valence-corrected chi connectivity index (χ2v) is 5.49. The van der Waals surface area contributed by atoms with Gasteiger partial charge in [-0.25, -0.2) is 0 Å². The summed E-state index contributed by atoms with van der Waals surface area (Å²) in [6.07, 6.45) is 0.911. The van der Waals surface area contributed by atoms with Gasteiger partial charge in [0.25, 0.3) is 5.91 Å². The molecule has 0 aromatic heterocycles. The molecule has 0 spiro atoms. The fourth-order valence-corrected chi connectivity index (χ4v) is 1.60. The minimum Gasteiger partial charge on any atom is -0.496 e. The summed E-state index contributed by atoms with van der Waals surface area (Å²) in [7, 11) is 1.53. The van der Waals surface area contributed by atoms with Gasteiger partial charge in [0.1, 0.15) is 11.3 Å². The lowest BCUT2D eigenvalue weighted by atomic mass is 9.92. The first-order valence-electron chi connectivity index (χ1n) is 6.06. The van der Waals surface area contributed by atoms with E-state index in [9.17, 15) is 4.79 Å². The highest BCUT2D eigenvalue weighted by Crippen LogP contribution is 2.24. The van der Waals surface area contributed by atoms with Gasteiger partial charge in [-0.3, -0.25) is 4.79 Å². The van der Waals surface area contributed by atoms with E-state index >= 15 is 0 Å². The summed E-state index contributed by atoms with van der Waals surface area (Å²) in [5, 5.41) is 2.87. The molecule has 3 N–H and O–H groups in total. The number of benzene rings is 1. The van der Waals surface area contributed by atoms with Crippen LogP contribution in [0.4, 0.5) is 5.69 Å². The van der Waals surface area contributed by atoms with Gasteiger partial charge in [-0.15, -0.1) is 0 Å². The van der Waals surface area contributed by atoms with Crippen LogP contribution in [0.25, 0.3) is 0 Å². The van der Waals surface area contributed by atoms with Crippen molar-refractivity contribution in [3.63, 3.8) is 0 Å². The van der Waals surface area contributed by atoms with Crippen LogP contribution in [-0.4, -0.2) is 19.6 Å². The van der Waals surface area contributed by atoms with Crippen LogP contribution in [0.3, 0.4) is 0 Å². The minimum absolute atomic E-state index is 0.186. The third-order valence-electron chi connectivity index (χ3n) is 2.67. The number of nitrogens with two attached hydrogens (primary N) is 1. The van der Waals surface area contributed by atoms with Crippen molar-refractivity contribution in [3.05, 3.63) is 23.8 Å². The molecule has 18 heavy (non-hydrogen) atoms. The smallest absolute Gasteiger partial charge is 0.257 e. The van der Waals surface area contributed by atoms with E-state index in [1.807, 2.05) is 0 Å². The lowest BCUT2D eigenvalue weighted by molar-refractivity contribution is 0.0947. The monoisotopic (exact) mass is 250 g/mol. The Balaban J connectivity index is 2.73. The van der Waals surface area contributed by atoms with Gasteiger partial charge >= 0.3 is 0 Å². The van der Waals surface area contributed by atoms with Crippen LogP contribution >= 0.6 is 0 Å². The van der Waals surface area contributed by atoms with Crippen molar-refractivity contribution >= 4 is 11.6 Å². The molecule has 0 radical (unpaired) electrons. The zero-order chi connectivity index (χ0) is 13.8. The number of nitrogens with one attached hydrogen (secondary N) is 1. The first-order valence-corrected chi connectivity index (χ1v) is 6.06. The van der Waals surface area contributed by atoms with Gasteiger partial charge < -0.3 is 15.8 Å². The van der Waals surface area contributed by atoms with Crippen molar-refractivity contribution in [2.24, 2.45) is 5.41 Å². The van der Waals surface area contributed by atoms with Crippen molar-refractivity contribution < 1.29 is 9.53 Å². The third kappa shape index (κ3) is 3.95. The fraction of sp³-hybridized carbons (Fsp3) is 0.500. The molecule has 1 rings (SSSR count). The minimum atomic E-state index is -0.186. The summed E-state index contributed by atoms with van der Waals surface area (Å²) >= 11 is 0. The van der Waals surface area contributed by atoms with Gasteiger partial charge in [0.2, 0.25) is 0 Å². The fourth-order valence-electron chi connectivity index (χ4n) is 1.60. The zero-order valence-corrected chi connectivity index (χ0v) is 11.5. The number of amides is 1. The van der Waals surface area contributed by atoms with E-state index in [1.54, 1.807) is 18.2 Å². The summed E-state index contributed by atoms with van der Waals surface area (Å²) in [5.41, 5.74) is 6.85. The van der Waals surface area contributed by atoms with Crippen molar-refractivity contribution in [1.29, 1.82) is 0 Å². The molecule has 4 heteroatoms. The third-order valence-corrected chi connectivity index (χ3v) is 2.67. The van der Waals surface area contributed by atoms with E-state index < -0.39 is 0 Å². The number of nitrogen functional groups attached to an aromatic ring is 1. The van der Waals surface area contributed by atoms with E-state index in [0.29, 0.717) is 23.5 Å². The Morgan fingerprint density at radius 3 is 2.61 bits per heavy atom. The zero-order valence-electron chi connectivity index (χ0n) is 11.5. The van der Waals surface area contributed by atoms with Gasteiger partial charge in [0.15, 0.2) is 0 Å². The topological polar surface area (TPSA) is 64.3 Å². The number of anilines is 1. The van der Waals surface area contributed by atoms with E-state index in [1.165, 1.54) is 7.11 Å². The summed E-state index contributed by atoms with van der Waals surface area (Å²) in [4.78, 5) is 12.1. The number of carbonyl (C=O) groups is 1. The Hall–Kier alpha value is -1.71. The van der Waals surface area contributed by atoms with E-state index in [0.717, 1.165) is 6.42 Å². The van der Waals surface area contributed by atoms with Crippen LogP contribution in [0, 0.1) is 5.41 Å². The second kappa shape index (κ2) is 5.76. The normalized spacial score (nSPS) is 11.1. The largest absolute Gasteiger partial charge is 0.496 e. The quantitative estimate of drug-likeness (QED) is 0.807. The predicted octanol–water partition coefficient (Wildman–Crippen LogP) is 2.44. The Labute approximate surface area is 109 Å². The Bertz CT molecular complexity index is 422. The highest BCUT2D eigenvalue weighted by molar-refractivity contribution is 6.01. The molecule has 0 aliphatic heterocycles. The van der Waals surface area contributed by atoms with Gasteiger partial charge in [0, 0.05) is 12.2 Å². The number of hydrogen-bond acceptors (Lipinski definition) is 3. The molecule has 0 atom stereocenters. The molecule has 1 amide bonds. The standard InChI is InChI=1S/C14H22N2O2/c1-14(2,3)8-9-16-13(17)12-10(15)6-5-7-11(12)18-4/h5-7H,8-9,15H2,1-4H3,(H,16,17). The highest BCUT2D eigenvalue weighted by Gasteiger charge is 2.16. The average molecular weight is 250 g/mol. The van der Waals surface area contributed by atoms with E-state index in [4.69, 9.17) is 10.5 Å². The molecule has 0 aliphatic carbocycles. The maximum absolute atomic E-state index is 12.1.